The third kappa shape index (κ3) is 4.68. The average molecular weight is 314 g/mol. The van der Waals surface area contributed by atoms with E-state index in [1.165, 1.54) is 6.08 Å². The molecule has 0 amide bonds. The number of carboxylic acids is 1. The number of hydrogen-bond acceptors (Lipinski definition) is 3. The molecule has 0 bridgehead atoms. The van der Waals surface area contributed by atoms with Gasteiger partial charge in [-0.15, -0.1) is 0 Å². The SMILES string of the molecule is CC.O=C(O)/C=C\c1nc(-c2cc(Cl)cc(Cl)c2)n[nH]1. The molecule has 0 saturated carbocycles. The monoisotopic (exact) mass is 313 g/mol. The molecule has 5 nitrogen and oxygen atoms in total. The van der Waals surface area contributed by atoms with Crippen molar-refractivity contribution >= 4 is 35.2 Å². The second kappa shape index (κ2) is 7.67. The molecule has 2 N–H and O–H groups in total. The van der Waals surface area contributed by atoms with Gasteiger partial charge in [-0.2, -0.15) is 5.10 Å². The smallest absolute Gasteiger partial charge is 0.328 e. The standard InChI is InChI=1S/C11H7Cl2N3O2.C2H6/c12-7-3-6(4-8(13)5-7)11-14-9(15-16-11)1-2-10(17)18;1-2/h1-5H,(H,17,18)(H,14,15,16);1-2H3/b2-1-;. The van der Waals surface area contributed by atoms with Crippen LogP contribution in [0.15, 0.2) is 24.3 Å². The zero-order chi connectivity index (χ0) is 15.1. The Hall–Kier alpha value is -1.85. The van der Waals surface area contributed by atoms with Crippen molar-refractivity contribution in [3.05, 3.63) is 40.1 Å². The maximum absolute atomic E-state index is 10.4. The Morgan fingerprint density at radius 2 is 1.85 bits per heavy atom. The van der Waals surface area contributed by atoms with E-state index in [1.54, 1.807) is 18.2 Å². The molecule has 2 rings (SSSR count). The van der Waals surface area contributed by atoms with Crippen molar-refractivity contribution in [2.75, 3.05) is 0 Å². The highest BCUT2D eigenvalue weighted by Gasteiger charge is 2.06. The summed E-state index contributed by atoms with van der Waals surface area (Å²) in [6.07, 6.45) is 2.28. The van der Waals surface area contributed by atoms with Gasteiger partial charge in [0, 0.05) is 21.7 Å². The van der Waals surface area contributed by atoms with Crippen LogP contribution in [-0.2, 0) is 4.79 Å². The van der Waals surface area contributed by atoms with Crippen LogP contribution in [0.4, 0.5) is 0 Å². The molecule has 0 aliphatic carbocycles. The first kappa shape index (κ1) is 16.2. The summed E-state index contributed by atoms with van der Waals surface area (Å²) in [7, 11) is 0. The fraction of sp³-hybridized carbons (Fsp3) is 0.154. The van der Waals surface area contributed by atoms with Gasteiger partial charge in [0.1, 0.15) is 5.82 Å². The lowest BCUT2D eigenvalue weighted by molar-refractivity contribution is -0.131. The summed E-state index contributed by atoms with van der Waals surface area (Å²) in [5.74, 6) is -0.327. The minimum atomic E-state index is -1.06. The van der Waals surface area contributed by atoms with Gasteiger partial charge >= 0.3 is 5.97 Å². The minimum Gasteiger partial charge on any atom is -0.478 e. The number of halogens is 2. The lowest BCUT2D eigenvalue weighted by Gasteiger charge is -1.97. The van der Waals surface area contributed by atoms with Crippen molar-refractivity contribution in [2.45, 2.75) is 13.8 Å². The number of aliphatic carboxylic acids is 1. The van der Waals surface area contributed by atoms with Crippen LogP contribution in [0.5, 0.6) is 0 Å². The highest BCUT2D eigenvalue weighted by molar-refractivity contribution is 6.35. The van der Waals surface area contributed by atoms with E-state index in [9.17, 15) is 4.79 Å². The van der Waals surface area contributed by atoms with Crippen LogP contribution < -0.4 is 0 Å². The Morgan fingerprint density at radius 3 is 2.40 bits per heavy atom. The molecule has 2 aromatic rings. The number of carboxylic acid groups (broad SMARTS) is 1. The fourth-order valence-corrected chi connectivity index (χ4v) is 1.84. The Bertz CT molecular complexity index is 604. The van der Waals surface area contributed by atoms with Gasteiger partial charge in [0.15, 0.2) is 5.82 Å². The number of nitrogens with zero attached hydrogens (tertiary/aromatic N) is 2. The Balaban J connectivity index is 0.000000956. The first-order valence-electron chi connectivity index (χ1n) is 5.84. The summed E-state index contributed by atoms with van der Waals surface area (Å²) in [5, 5.41) is 16.0. The van der Waals surface area contributed by atoms with Crippen LogP contribution in [0, 0.1) is 0 Å². The summed E-state index contributed by atoms with van der Waals surface area (Å²) in [6.45, 7) is 4.00. The summed E-state index contributed by atoms with van der Waals surface area (Å²) >= 11 is 11.7. The Kier molecular flexibility index (Phi) is 6.21. The van der Waals surface area contributed by atoms with E-state index in [0.717, 1.165) is 6.08 Å². The molecule has 0 saturated heterocycles. The van der Waals surface area contributed by atoms with E-state index in [0.29, 0.717) is 27.3 Å². The van der Waals surface area contributed by atoms with Crippen LogP contribution in [0.3, 0.4) is 0 Å². The molecule has 0 aliphatic heterocycles. The van der Waals surface area contributed by atoms with Gasteiger partial charge in [-0.3, -0.25) is 5.10 Å². The number of hydrogen-bond donors (Lipinski definition) is 2. The van der Waals surface area contributed by atoms with E-state index in [1.807, 2.05) is 13.8 Å². The van der Waals surface area contributed by atoms with E-state index >= 15 is 0 Å². The zero-order valence-electron chi connectivity index (χ0n) is 10.9. The lowest BCUT2D eigenvalue weighted by Crippen LogP contribution is -1.86. The summed E-state index contributed by atoms with van der Waals surface area (Å²) in [4.78, 5) is 14.5. The molecule has 0 spiro atoms. The normalized spacial score (nSPS) is 10.2. The van der Waals surface area contributed by atoms with E-state index in [4.69, 9.17) is 28.3 Å². The van der Waals surface area contributed by atoms with Crippen molar-refractivity contribution in [3.8, 4) is 11.4 Å². The molecular weight excluding hydrogens is 301 g/mol. The van der Waals surface area contributed by atoms with Crippen LogP contribution in [-0.4, -0.2) is 26.3 Å². The number of H-pyrrole nitrogens is 1. The molecule has 20 heavy (non-hydrogen) atoms. The highest BCUT2D eigenvalue weighted by atomic mass is 35.5. The first-order valence-corrected chi connectivity index (χ1v) is 6.60. The number of rotatable bonds is 3. The van der Waals surface area contributed by atoms with Crippen LogP contribution in [0.1, 0.15) is 19.7 Å². The van der Waals surface area contributed by atoms with E-state index in [2.05, 4.69) is 15.2 Å². The van der Waals surface area contributed by atoms with Gasteiger partial charge in [0.25, 0.3) is 0 Å². The number of aromatic amines is 1. The molecule has 0 unspecified atom stereocenters. The summed E-state index contributed by atoms with van der Waals surface area (Å²) in [6, 6.07) is 4.94. The van der Waals surface area contributed by atoms with Crippen molar-refractivity contribution in [2.24, 2.45) is 0 Å². The fourth-order valence-electron chi connectivity index (χ4n) is 1.31. The molecule has 1 aromatic carbocycles. The largest absolute Gasteiger partial charge is 0.478 e. The predicted molar refractivity (Wildman–Crippen MR) is 79.9 cm³/mol. The number of benzene rings is 1. The Labute approximate surface area is 126 Å². The molecule has 0 atom stereocenters. The van der Waals surface area contributed by atoms with Crippen molar-refractivity contribution in [1.82, 2.24) is 15.2 Å². The van der Waals surface area contributed by atoms with Gasteiger partial charge in [-0.25, -0.2) is 9.78 Å². The van der Waals surface area contributed by atoms with E-state index in [-0.39, 0.29) is 0 Å². The first-order chi connectivity index (χ1) is 9.54. The van der Waals surface area contributed by atoms with Crippen LogP contribution in [0.2, 0.25) is 10.0 Å². The van der Waals surface area contributed by atoms with Crippen molar-refractivity contribution < 1.29 is 9.90 Å². The predicted octanol–water partition coefficient (Wildman–Crippen LogP) is 3.90. The van der Waals surface area contributed by atoms with Crippen LogP contribution >= 0.6 is 23.2 Å². The molecular formula is C13H13Cl2N3O2. The maximum Gasteiger partial charge on any atom is 0.328 e. The zero-order valence-corrected chi connectivity index (χ0v) is 12.4. The third-order valence-electron chi connectivity index (χ3n) is 2.01. The summed E-state index contributed by atoms with van der Waals surface area (Å²) < 4.78 is 0. The summed E-state index contributed by atoms with van der Waals surface area (Å²) in [5.41, 5.74) is 0.652. The molecule has 106 valence electrons. The van der Waals surface area contributed by atoms with Gasteiger partial charge in [0.2, 0.25) is 0 Å². The van der Waals surface area contributed by atoms with Crippen molar-refractivity contribution in [1.29, 1.82) is 0 Å². The minimum absolute atomic E-state index is 0.337. The van der Waals surface area contributed by atoms with Gasteiger partial charge in [0.05, 0.1) is 0 Å². The number of aromatic nitrogens is 3. The third-order valence-corrected chi connectivity index (χ3v) is 2.44. The molecule has 1 aromatic heterocycles. The number of carbonyl (C=O) groups is 1. The second-order valence-electron chi connectivity index (χ2n) is 3.37. The second-order valence-corrected chi connectivity index (χ2v) is 4.25. The van der Waals surface area contributed by atoms with Gasteiger partial charge < -0.3 is 5.11 Å². The molecule has 7 heteroatoms. The quantitative estimate of drug-likeness (QED) is 0.842. The van der Waals surface area contributed by atoms with Gasteiger partial charge in [-0.05, 0) is 24.3 Å². The van der Waals surface area contributed by atoms with E-state index < -0.39 is 5.97 Å². The molecule has 1 heterocycles. The van der Waals surface area contributed by atoms with Gasteiger partial charge in [-0.1, -0.05) is 37.0 Å². The average Bonchev–Trinajstić information content (AvgIpc) is 2.86. The van der Waals surface area contributed by atoms with Crippen LogP contribution in [0.25, 0.3) is 17.5 Å². The Morgan fingerprint density at radius 1 is 1.25 bits per heavy atom. The maximum atomic E-state index is 10.4. The highest BCUT2D eigenvalue weighted by Crippen LogP contribution is 2.24. The molecule has 0 fully saturated rings. The molecule has 0 radical (unpaired) electrons. The number of nitrogens with one attached hydrogen (secondary N) is 1. The lowest BCUT2D eigenvalue weighted by atomic mass is 10.2. The van der Waals surface area contributed by atoms with Crippen molar-refractivity contribution in [3.63, 3.8) is 0 Å². The topological polar surface area (TPSA) is 78.9 Å². The molecule has 0 aliphatic rings.